The molecule has 0 aliphatic rings. The SMILES string of the molecule is CC[n+]1ccn(-c2ncccc2[O-])c1. The molecule has 0 atom stereocenters. The third-order valence-corrected chi connectivity index (χ3v) is 2.05. The van der Waals surface area contributed by atoms with Crippen molar-refractivity contribution in [3.8, 4) is 11.6 Å². The normalized spacial score (nSPS) is 10.4. The van der Waals surface area contributed by atoms with Crippen LogP contribution in [-0.2, 0) is 6.54 Å². The first kappa shape index (κ1) is 8.74. The van der Waals surface area contributed by atoms with Gasteiger partial charge in [-0.05, 0) is 18.7 Å². The molecular formula is C10H11N3O. The number of hydrogen-bond donors (Lipinski definition) is 0. The van der Waals surface area contributed by atoms with Crippen molar-refractivity contribution < 1.29 is 9.67 Å². The molecule has 0 spiro atoms. The number of aryl methyl sites for hydroxylation is 1. The lowest BCUT2D eigenvalue weighted by atomic mass is 10.4. The second kappa shape index (κ2) is 3.49. The Balaban J connectivity index is 2.44. The van der Waals surface area contributed by atoms with Crippen LogP contribution in [0.1, 0.15) is 6.92 Å². The van der Waals surface area contributed by atoms with Crippen molar-refractivity contribution in [1.29, 1.82) is 0 Å². The minimum Gasteiger partial charge on any atom is -0.868 e. The molecule has 0 radical (unpaired) electrons. The van der Waals surface area contributed by atoms with E-state index < -0.39 is 0 Å². The molecule has 2 aromatic heterocycles. The summed E-state index contributed by atoms with van der Waals surface area (Å²) in [4.78, 5) is 4.03. The molecular weight excluding hydrogens is 178 g/mol. The van der Waals surface area contributed by atoms with Crippen molar-refractivity contribution in [2.75, 3.05) is 0 Å². The molecule has 0 aromatic carbocycles. The van der Waals surface area contributed by atoms with E-state index in [1.807, 2.05) is 30.2 Å². The molecule has 0 N–H and O–H groups in total. The van der Waals surface area contributed by atoms with E-state index in [0.29, 0.717) is 5.82 Å². The first-order valence-electron chi connectivity index (χ1n) is 4.50. The summed E-state index contributed by atoms with van der Waals surface area (Å²) in [5, 5.41) is 11.4. The van der Waals surface area contributed by atoms with Crippen LogP contribution in [0.25, 0.3) is 5.82 Å². The highest BCUT2D eigenvalue weighted by Gasteiger charge is 2.06. The van der Waals surface area contributed by atoms with E-state index in [9.17, 15) is 5.11 Å². The molecule has 2 rings (SSSR count). The maximum absolute atomic E-state index is 11.4. The summed E-state index contributed by atoms with van der Waals surface area (Å²) in [7, 11) is 0. The molecule has 2 heterocycles. The lowest BCUT2D eigenvalue weighted by Crippen LogP contribution is -2.28. The number of pyridine rings is 1. The molecule has 2 aromatic rings. The van der Waals surface area contributed by atoms with Gasteiger partial charge in [0.25, 0.3) is 0 Å². The molecule has 72 valence electrons. The first-order valence-corrected chi connectivity index (χ1v) is 4.50. The Kier molecular flexibility index (Phi) is 2.18. The van der Waals surface area contributed by atoms with Crippen molar-refractivity contribution in [3.63, 3.8) is 0 Å². The van der Waals surface area contributed by atoms with Gasteiger partial charge in [0.2, 0.25) is 12.1 Å². The molecule has 0 amide bonds. The van der Waals surface area contributed by atoms with Crippen molar-refractivity contribution >= 4 is 0 Å². The van der Waals surface area contributed by atoms with Gasteiger partial charge in [0.1, 0.15) is 12.4 Å². The van der Waals surface area contributed by atoms with Crippen molar-refractivity contribution in [1.82, 2.24) is 9.55 Å². The van der Waals surface area contributed by atoms with Gasteiger partial charge in [0.15, 0.2) is 0 Å². The van der Waals surface area contributed by atoms with E-state index in [0.717, 1.165) is 6.54 Å². The predicted molar refractivity (Wildman–Crippen MR) is 48.9 cm³/mol. The Hall–Kier alpha value is -1.84. The fraction of sp³-hybridized carbons (Fsp3) is 0.200. The summed E-state index contributed by atoms with van der Waals surface area (Å²) in [6, 6.07) is 3.15. The Morgan fingerprint density at radius 1 is 1.57 bits per heavy atom. The van der Waals surface area contributed by atoms with Crippen LogP contribution in [0.4, 0.5) is 0 Å². The van der Waals surface area contributed by atoms with Gasteiger partial charge in [0.05, 0.1) is 6.54 Å². The Labute approximate surface area is 82.1 Å². The molecule has 0 aliphatic carbocycles. The second-order valence-electron chi connectivity index (χ2n) is 2.98. The molecule has 14 heavy (non-hydrogen) atoms. The highest BCUT2D eigenvalue weighted by atomic mass is 16.3. The van der Waals surface area contributed by atoms with Crippen LogP contribution >= 0.6 is 0 Å². The Morgan fingerprint density at radius 2 is 2.43 bits per heavy atom. The molecule has 0 aliphatic heterocycles. The summed E-state index contributed by atoms with van der Waals surface area (Å²) < 4.78 is 3.71. The smallest absolute Gasteiger partial charge is 0.250 e. The van der Waals surface area contributed by atoms with Crippen LogP contribution < -0.4 is 9.67 Å². The standard InChI is InChI=1S/C10H11N3O/c1-2-12-6-7-13(8-12)10-9(14)4-3-5-11-10/h3-8H,2H2,1H3. The third-order valence-electron chi connectivity index (χ3n) is 2.05. The zero-order chi connectivity index (χ0) is 9.97. The number of rotatable bonds is 2. The first-order chi connectivity index (χ1) is 6.81. The van der Waals surface area contributed by atoms with Crippen LogP contribution in [-0.4, -0.2) is 9.55 Å². The van der Waals surface area contributed by atoms with Crippen LogP contribution in [0.15, 0.2) is 37.1 Å². The summed E-state index contributed by atoms with van der Waals surface area (Å²) in [5.41, 5.74) is 0. The van der Waals surface area contributed by atoms with Gasteiger partial charge in [-0.15, -0.1) is 0 Å². The van der Waals surface area contributed by atoms with Gasteiger partial charge >= 0.3 is 0 Å². The summed E-state index contributed by atoms with van der Waals surface area (Å²) in [5.74, 6) is 0.381. The molecule has 0 unspecified atom stereocenters. The van der Waals surface area contributed by atoms with Crippen LogP contribution in [0.5, 0.6) is 5.75 Å². The van der Waals surface area contributed by atoms with E-state index in [4.69, 9.17) is 0 Å². The maximum Gasteiger partial charge on any atom is 0.250 e. The van der Waals surface area contributed by atoms with E-state index in [-0.39, 0.29) is 5.75 Å². The fourth-order valence-electron chi connectivity index (χ4n) is 1.28. The van der Waals surface area contributed by atoms with Crippen molar-refractivity contribution in [3.05, 3.63) is 37.1 Å². The second-order valence-corrected chi connectivity index (χ2v) is 2.98. The van der Waals surface area contributed by atoms with Crippen molar-refractivity contribution in [2.45, 2.75) is 13.5 Å². The monoisotopic (exact) mass is 189 g/mol. The topological polar surface area (TPSA) is 44.8 Å². The average molecular weight is 189 g/mol. The van der Waals surface area contributed by atoms with Crippen molar-refractivity contribution in [2.24, 2.45) is 0 Å². The predicted octanol–water partition coefficient (Wildman–Crippen LogP) is 0.253. The van der Waals surface area contributed by atoms with Gasteiger partial charge < -0.3 is 5.11 Å². The zero-order valence-corrected chi connectivity index (χ0v) is 7.92. The van der Waals surface area contributed by atoms with Crippen LogP contribution in [0, 0.1) is 0 Å². The highest BCUT2D eigenvalue weighted by Crippen LogP contribution is 2.12. The number of imidazole rings is 1. The molecule has 4 heteroatoms. The quantitative estimate of drug-likeness (QED) is 0.636. The zero-order valence-electron chi connectivity index (χ0n) is 7.92. The average Bonchev–Trinajstić information content (AvgIpc) is 2.67. The van der Waals surface area contributed by atoms with Gasteiger partial charge in [-0.1, -0.05) is 6.07 Å². The fourth-order valence-corrected chi connectivity index (χ4v) is 1.28. The molecule has 0 saturated carbocycles. The Bertz CT molecular complexity index is 436. The van der Waals surface area contributed by atoms with Gasteiger partial charge in [0, 0.05) is 6.20 Å². The molecule has 4 nitrogen and oxygen atoms in total. The summed E-state index contributed by atoms with van der Waals surface area (Å²) >= 11 is 0. The number of nitrogens with zero attached hydrogens (tertiary/aromatic N) is 3. The van der Waals surface area contributed by atoms with Gasteiger partial charge in [-0.2, -0.15) is 4.57 Å². The maximum atomic E-state index is 11.4. The summed E-state index contributed by atoms with van der Waals surface area (Å²) in [6.07, 6.45) is 7.21. The van der Waals surface area contributed by atoms with Gasteiger partial charge in [-0.3, -0.25) is 0 Å². The molecule has 0 saturated heterocycles. The number of aromatic nitrogens is 3. The number of hydrogen-bond acceptors (Lipinski definition) is 2. The lowest BCUT2D eigenvalue weighted by molar-refractivity contribution is -0.692. The van der Waals surface area contributed by atoms with Crippen LogP contribution in [0.2, 0.25) is 0 Å². The van der Waals surface area contributed by atoms with E-state index >= 15 is 0 Å². The lowest BCUT2D eigenvalue weighted by Gasteiger charge is -2.06. The summed E-state index contributed by atoms with van der Waals surface area (Å²) in [6.45, 7) is 2.93. The largest absolute Gasteiger partial charge is 0.868 e. The minimum absolute atomic E-state index is 0.0636. The minimum atomic E-state index is -0.0636. The van der Waals surface area contributed by atoms with E-state index in [2.05, 4.69) is 4.98 Å². The molecule has 0 bridgehead atoms. The Morgan fingerprint density at radius 3 is 3.07 bits per heavy atom. The van der Waals surface area contributed by atoms with E-state index in [1.165, 1.54) is 6.07 Å². The van der Waals surface area contributed by atoms with E-state index in [1.54, 1.807) is 16.8 Å². The highest BCUT2D eigenvalue weighted by molar-refractivity contribution is 5.36. The van der Waals surface area contributed by atoms with Gasteiger partial charge in [-0.25, -0.2) is 9.55 Å². The molecule has 0 fully saturated rings. The van der Waals surface area contributed by atoms with Crippen LogP contribution in [0.3, 0.4) is 0 Å². The third kappa shape index (κ3) is 1.46.